The van der Waals surface area contributed by atoms with Gasteiger partial charge in [0.2, 0.25) is 0 Å². The summed E-state index contributed by atoms with van der Waals surface area (Å²) in [5, 5.41) is 8.39. The maximum Gasteiger partial charge on any atom is 0.133 e. The molecule has 16 heavy (non-hydrogen) atoms. The van der Waals surface area contributed by atoms with Crippen LogP contribution in [0.3, 0.4) is 0 Å². The predicted octanol–water partition coefficient (Wildman–Crippen LogP) is 2.63. The van der Waals surface area contributed by atoms with Crippen molar-refractivity contribution in [3.05, 3.63) is 28.2 Å². The Morgan fingerprint density at radius 3 is 2.88 bits per heavy atom. The Bertz CT molecular complexity index is 374. The lowest BCUT2D eigenvalue weighted by molar-refractivity contribution is 0.310. The minimum absolute atomic E-state index is 0.531. The Kier molecular flexibility index (Phi) is 5.91. The molecule has 0 aromatic heterocycles. The normalized spacial score (nSPS) is 9.81. The molecule has 86 valence electrons. The van der Waals surface area contributed by atoms with E-state index in [2.05, 4.69) is 22.0 Å². The van der Waals surface area contributed by atoms with E-state index in [9.17, 15) is 0 Å². The Hall–Kier alpha value is -1.05. The van der Waals surface area contributed by atoms with Gasteiger partial charge in [0.1, 0.15) is 5.75 Å². The third-order valence-corrected chi connectivity index (χ3v) is 2.74. The van der Waals surface area contributed by atoms with E-state index in [4.69, 9.17) is 15.7 Å². The van der Waals surface area contributed by atoms with E-state index in [1.165, 1.54) is 5.56 Å². The van der Waals surface area contributed by atoms with Gasteiger partial charge in [-0.3, -0.25) is 0 Å². The summed E-state index contributed by atoms with van der Waals surface area (Å²) in [6, 6.07) is 8.05. The lowest BCUT2D eigenvalue weighted by Gasteiger charge is -2.08. The summed E-state index contributed by atoms with van der Waals surface area (Å²) in [5.41, 5.74) is 6.68. The van der Waals surface area contributed by atoms with Gasteiger partial charge in [0.25, 0.3) is 0 Å². The highest BCUT2D eigenvalue weighted by atomic mass is 79.9. The predicted molar refractivity (Wildman–Crippen MR) is 67.2 cm³/mol. The zero-order valence-electron chi connectivity index (χ0n) is 9.08. The fraction of sp³-hybridized carbons (Fsp3) is 0.417. The topological polar surface area (TPSA) is 59.0 Å². The molecular weight excluding hydrogens is 268 g/mol. The van der Waals surface area contributed by atoms with Crippen molar-refractivity contribution in [2.45, 2.75) is 19.3 Å². The summed E-state index contributed by atoms with van der Waals surface area (Å²) in [5.74, 6) is 0.818. The van der Waals surface area contributed by atoms with E-state index >= 15 is 0 Å². The maximum absolute atomic E-state index is 8.39. The van der Waals surface area contributed by atoms with Crippen molar-refractivity contribution in [2.24, 2.45) is 5.73 Å². The second-order valence-corrected chi connectivity index (χ2v) is 4.27. The highest BCUT2D eigenvalue weighted by Crippen LogP contribution is 2.26. The van der Waals surface area contributed by atoms with Gasteiger partial charge >= 0.3 is 0 Å². The van der Waals surface area contributed by atoms with E-state index in [1.54, 1.807) is 0 Å². The molecule has 0 bridgehead atoms. The molecule has 1 rings (SSSR count). The number of nitrogens with two attached hydrogens (primary N) is 1. The smallest absolute Gasteiger partial charge is 0.133 e. The van der Waals surface area contributed by atoms with Gasteiger partial charge in [-0.15, -0.1) is 0 Å². The molecule has 0 saturated carbocycles. The lowest BCUT2D eigenvalue weighted by atomic mass is 10.1. The zero-order valence-corrected chi connectivity index (χ0v) is 10.7. The SMILES string of the molecule is N#CCCCOc1ccc(CCN)cc1Br. The molecule has 0 amide bonds. The van der Waals surface area contributed by atoms with Gasteiger partial charge in [0.05, 0.1) is 17.1 Å². The highest BCUT2D eigenvalue weighted by molar-refractivity contribution is 9.10. The molecule has 0 fully saturated rings. The first kappa shape index (κ1) is 13.0. The van der Waals surface area contributed by atoms with Gasteiger partial charge in [-0.2, -0.15) is 5.26 Å². The van der Waals surface area contributed by atoms with Gasteiger partial charge in [-0.05, 0) is 53.0 Å². The molecule has 1 aromatic carbocycles. The lowest BCUT2D eigenvalue weighted by Crippen LogP contribution is -2.03. The molecule has 0 spiro atoms. The molecule has 0 heterocycles. The number of ether oxygens (including phenoxy) is 1. The van der Waals surface area contributed by atoms with Crippen LogP contribution in [-0.4, -0.2) is 13.2 Å². The van der Waals surface area contributed by atoms with Crippen molar-refractivity contribution in [2.75, 3.05) is 13.2 Å². The number of halogens is 1. The van der Waals surface area contributed by atoms with Crippen LogP contribution in [0.4, 0.5) is 0 Å². The molecule has 2 N–H and O–H groups in total. The summed E-state index contributed by atoms with van der Waals surface area (Å²) in [7, 11) is 0. The van der Waals surface area contributed by atoms with Crippen molar-refractivity contribution >= 4 is 15.9 Å². The maximum atomic E-state index is 8.39. The summed E-state index contributed by atoms with van der Waals surface area (Å²) < 4.78 is 6.48. The van der Waals surface area contributed by atoms with Crippen LogP contribution in [0.2, 0.25) is 0 Å². The van der Waals surface area contributed by atoms with Crippen LogP contribution in [0.25, 0.3) is 0 Å². The van der Waals surface area contributed by atoms with Crippen molar-refractivity contribution in [1.82, 2.24) is 0 Å². The van der Waals surface area contributed by atoms with Gasteiger partial charge < -0.3 is 10.5 Å². The Labute approximate surface area is 104 Å². The first-order chi connectivity index (χ1) is 7.77. The van der Waals surface area contributed by atoms with Crippen LogP contribution in [0.1, 0.15) is 18.4 Å². The van der Waals surface area contributed by atoms with Crippen LogP contribution < -0.4 is 10.5 Å². The number of hydrogen-bond acceptors (Lipinski definition) is 3. The van der Waals surface area contributed by atoms with Crippen LogP contribution in [0.15, 0.2) is 22.7 Å². The molecule has 0 unspecified atom stereocenters. The van der Waals surface area contributed by atoms with Crippen LogP contribution in [-0.2, 0) is 6.42 Å². The Balaban J connectivity index is 2.51. The van der Waals surface area contributed by atoms with E-state index in [-0.39, 0.29) is 0 Å². The number of rotatable bonds is 6. The van der Waals surface area contributed by atoms with Crippen molar-refractivity contribution in [3.8, 4) is 11.8 Å². The fourth-order valence-corrected chi connectivity index (χ4v) is 1.86. The van der Waals surface area contributed by atoms with Gasteiger partial charge in [-0.25, -0.2) is 0 Å². The molecule has 0 saturated heterocycles. The number of hydrogen-bond donors (Lipinski definition) is 1. The summed E-state index contributed by atoms with van der Waals surface area (Å²) in [6.07, 6.45) is 2.16. The van der Waals surface area contributed by atoms with Gasteiger partial charge in [-0.1, -0.05) is 6.07 Å². The van der Waals surface area contributed by atoms with E-state index in [0.29, 0.717) is 19.6 Å². The Morgan fingerprint density at radius 2 is 2.25 bits per heavy atom. The van der Waals surface area contributed by atoms with Crippen molar-refractivity contribution in [3.63, 3.8) is 0 Å². The van der Waals surface area contributed by atoms with Gasteiger partial charge in [0.15, 0.2) is 0 Å². The molecule has 3 nitrogen and oxygen atoms in total. The largest absolute Gasteiger partial charge is 0.492 e. The van der Waals surface area contributed by atoms with E-state index in [0.717, 1.165) is 23.1 Å². The van der Waals surface area contributed by atoms with E-state index in [1.807, 2.05) is 18.2 Å². The number of benzene rings is 1. The average Bonchev–Trinajstić information content (AvgIpc) is 2.27. The zero-order chi connectivity index (χ0) is 11.8. The van der Waals surface area contributed by atoms with Crippen LogP contribution in [0, 0.1) is 11.3 Å². The minimum atomic E-state index is 0.531. The van der Waals surface area contributed by atoms with Crippen molar-refractivity contribution in [1.29, 1.82) is 5.26 Å². The molecule has 4 heteroatoms. The molecule has 0 aliphatic heterocycles. The number of unbranched alkanes of at least 4 members (excludes halogenated alkanes) is 1. The standard InChI is InChI=1S/C12H15BrN2O/c13-11-9-10(5-7-15)3-4-12(11)16-8-2-1-6-14/h3-4,9H,1-2,5,7-8,15H2. The second kappa shape index (κ2) is 7.26. The Morgan fingerprint density at radius 1 is 1.44 bits per heavy atom. The number of nitrogens with zero attached hydrogens (tertiary/aromatic N) is 1. The summed E-state index contributed by atoms with van der Waals surface area (Å²) >= 11 is 3.46. The minimum Gasteiger partial charge on any atom is -0.492 e. The quantitative estimate of drug-likeness (QED) is 0.816. The van der Waals surface area contributed by atoms with E-state index < -0.39 is 0 Å². The molecule has 0 aliphatic rings. The fourth-order valence-electron chi connectivity index (χ4n) is 1.32. The number of nitriles is 1. The molecule has 1 aromatic rings. The first-order valence-electron chi connectivity index (χ1n) is 5.26. The molecule has 0 atom stereocenters. The molecular formula is C12H15BrN2O. The third-order valence-electron chi connectivity index (χ3n) is 2.12. The first-order valence-corrected chi connectivity index (χ1v) is 6.05. The monoisotopic (exact) mass is 282 g/mol. The molecule has 0 aliphatic carbocycles. The molecule has 0 radical (unpaired) electrons. The van der Waals surface area contributed by atoms with Crippen molar-refractivity contribution < 1.29 is 4.74 Å². The summed E-state index contributed by atoms with van der Waals surface area (Å²) in [6.45, 7) is 1.22. The van der Waals surface area contributed by atoms with Crippen LogP contribution in [0.5, 0.6) is 5.75 Å². The highest BCUT2D eigenvalue weighted by Gasteiger charge is 2.02. The summed E-state index contributed by atoms with van der Waals surface area (Å²) in [4.78, 5) is 0. The second-order valence-electron chi connectivity index (χ2n) is 3.41. The third kappa shape index (κ3) is 4.21. The average molecular weight is 283 g/mol. The van der Waals surface area contributed by atoms with Crippen LogP contribution >= 0.6 is 15.9 Å². The van der Waals surface area contributed by atoms with Gasteiger partial charge in [0, 0.05) is 6.42 Å².